The van der Waals surface area contributed by atoms with Crippen molar-refractivity contribution < 1.29 is 8.78 Å². The molecule has 0 radical (unpaired) electrons. The van der Waals surface area contributed by atoms with Gasteiger partial charge in [-0.1, -0.05) is 13.0 Å². The van der Waals surface area contributed by atoms with Gasteiger partial charge in [-0.05, 0) is 18.6 Å². The van der Waals surface area contributed by atoms with Crippen molar-refractivity contribution in [3.8, 4) is 0 Å². The molecule has 1 unspecified atom stereocenters. The number of nitrogens with zero attached hydrogens (tertiary/aromatic N) is 2. The number of aromatic nitrogens is 2. The van der Waals surface area contributed by atoms with Crippen LogP contribution < -0.4 is 5.73 Å². The molecule has 0 amide bonds. The Morgan fingerprint density at radius 2 is 1.95 bits per heavy atom. The van der Waals surface area contributed by atoms with Crippen molar-refractivity contribution in [2.75, 3.05) is 0 Å². The normalized spacial score (nSPS) is 12.0. The third kappa shape index (κ3) is 3.77. The number of hydrogen-bond donors (Lipinski definition) is 1. The van der Waals surface area contributed by atoms with Crippen LogP contribution in [0.25, 0.3) is 0 Å². The van der Waals surface area contributed by atoms with Crippen LogP contribution in [0.1, 0.15) is 24.6 Å². The fraction of sp³-hybridized carbons (Fsp3) is 0.357. The quantitative estimate of drug-likeness (QED) is 0.923. The molecule has 0 aliphatic heterocycles. The van der Waals surface area contributed by atoms with Crippen LogP contribution in [0.5, 0.6) is 0 Å². The summed E-state index contributed by atoms with van der Waals surface area (Å²) < 4.78 is 28.9. The predicted octanol–water partition coefficient (Wildman–Crippen LogP) is 2.91. The van der Waals surface area contributed by atoms with E-state index in [9.17, 15) is 8.78 Å². The summed E-state index contributed by atoms with van der Waals surface area (Å²) in [6.07, 6.45) is 4.75. The molecule has 0 fully saturated rings. The third-order valence-corrected chi connectivity index (χ3v) is 3.18. The standard InChI is InChI=1S/C14H17F2N3.ClH/c1-2-10(17)6-11-7-18-9-19(11)8-12-13(15)4-3-5-14(12)16;/h3-5,7,9-10H,2,6,8,17H2,1H3;1H. The third-order valence-electron chi connectivity index (χ3n) is 3.18. The van der Waals surface area contributed by atoms with Crippen LogP contribution in [0.2, 0.25) is 0 Å². The van der Waals surface area contributed by atoms with E-state index in [0.717, 1.165) is 12.1 Å². The molecule has 1 atom stereocenters. The maximum Gasteiger partial charge on any atom is 0.131 e. The van der Waals surface area contributed by atoms with Crippen LogP contribution in [-0.2, 0) is 13.0 Å². The van der Waals surface area contributed by atoms with Gasteiger partial charge in [0.15, 0.2) is 0 Å². The second kappa shape index (κ2) is 7.36. The zero-order valence-electron chi connectivity index (χ0n) is 11.2. The highest BCUT2D eigenvalue weighted by atomic mass is 35.5. The summed E-state index contributed by atoms with van der Waals surface area (Å²) in [5.74, 6) is -1.08. The largest absolute Gasteiger partial charge is 0.330 e. The first-order chi connectivity index (χ1) is 9.11. The first-order valence-corrected chi connectivity index (χ1v) is 6.29. The molecule has 0 saturated heterocycles. The molecule has 2 aromatic rings. The lowest BCUT2D eigenvalue weighted by Crippen LogP contribution is -2.23. The van der Waals surface area contributed by atoms with Crippen LogP contribution >= 0.6 is 12.4 Å². The van der Waals surface area contributed by atoms with Crippen LogP contribution in [0, 0.1) is 11.6 Å². The first kappa shape index (κ1) is 16.6. The highest BCUT2D eigenvalue weighted by Gasteiger charge is 2.12. The van der Waals surface area contributed by atoms with Gasteiger partial charge in [0.25, 0.3) is 0 Å². The van der Waals surface area contributed by atoms with Gasteiger partial charge < -0.3 is 10.3 Å². The molecule has 1 aromatic carbocycles. The average Bonchev–Trinajstić information content (AvgIpc) is 2.81. The second-order valence-electron chi connectivity index (χ2n) is 4.59. The van der Waals surface area contributed by atoms with Crippen molar-refractivity contribution in [1.82, 2.24) is 9.55 Å². The van der Waals surface area contributed by atoms with Gasteiger partial charge in [-0.2, -0.15) is 0 Å². The summed E-state index contributed by atoms with van der Waals surface area (Å²) in [7, 11) is 0. The van der Waals surface area contributed by atoms with E-state index in [2.05, 4.69) is 4.98 Å². The Morgan fingerprint density at radius 3 is 2.55 bits per heavy atom. The topological polar surface area (TPSA) is 43.8 Å². The zero-order valence-corrected chi connectivity index (χ0v) is 12.0. The lowest BCUT2D eigenvalue weighted by Gasteiger charge is -2.12. The molecular formula is C14H18ClF2N3. The molecule has 1 heterocycles. The fourth-order valence-corrected chi connectivity index (χ4v) is 1.93. The zero-order chi connectivity index (χ0) is 13.8. The minimum atomic E-state index is -0.542. The number of imidazole rings is 1. The monoisotopic (exact) mass is 301 g/mol. The molecule has 0 aliphatic carbocycles. The SMILES string of the molecule is CCC(N)Cc1cncn1Cc1c(F)cccc1F.Cl. The van der Waals surface area contributed by atoms with Gasteiger partial charge in [0, 0.05) is 29.9 Å². The van der Waals surface area contributed by atoms with Gasteiger partial charge in [0.05, 0.1) is 12.9 Å². The predicted molar refractivity (Wildman–Crippen MR) is 76.9 cm³/mol. The Balaban J connectivity index is 0.00000200. The smallest absolute Gasteiger partial charge is 0.131 e. The van der Waals surface area contributed by atoms with Crippen molar-refractivity contribution in [1.29, 1.82) is 0 Å². The molecule has 0 bridgehead atoms. The number of hydrogen-bond acceptors (Lipinski definition) is 2. The molecule has 6 heteroatoms. The van der Waals surface area contributed by atoms with Gasteiger partial charge >= 0.3 is 0 Å². The molecule has 2 rings (SSSR count). The first-order valence-electron chi connectivity index (χ1n) is 6.29. The minimum absolute atomic E-state index is 0. The summed E-state index contributed by atoms with van der Waals surface area (Å²) in [6, 6.07) is 3.90. The van der Waals surface area contributed by atoms with E-state index in [0.29, 0.717) is 6.42 Å². The van der Waals surface area contributed by atoms with E-state index in [-0.39, 0.29) is 30.6 Å². The van der Waals surface area contributed by atoms with E-state index < -0.39 is 11.6 Å². The van der Waals surface area contributed by atoms with Crippen LogP contribution in [0.3, 0.4) is 0 Å². The number of halogens is 3. The summed E-state index contributed by atoms with van der Waals surface area (Å²) >= 11 is 0. The molecule has 110 valence electrons. The Kier molecular flexibility index (Phi) is 6.10. The Bertz CT molecular complexity index is 537. The highest BCUT2D eigenvalue weighted by molar-refractivity contribution is 5.85. The average molecular weight is 302 g/mol. The van der Waals surface area contributed by atoms with E-state index in [4.69, 9.17) is 5.73 Å². The van der Waals surface area contributed by atoms with Crippen molar-refractivity contribution >= 4 is 12.4 Å². The van der Waals surface area contributed by atoms with Gasteiger partial charge in [-0.15, -0.1) is 12.4 Å². The Labute approximate surface area is 123 Å². The number of nitrogens with two attached hydrogens (primary N) is 1. The summed E-state index contributed by atoms with van der Waals surface area (Å²) in [5, 5.41) is 0. The van der Waals surface area contributed by atoms with Crippen molar-refractivity contribution in [3.63, 3.8) is 0 Å². The highest BCUT2D eigenvalue weighted by Crippen LogP contribution is 2.15. The number of benzene rings is 1. The molecule has 1 aromatic heterocycles. The Morgan fingerprint density at radius 1 is 1.30 bits per heavy atom. The van der Waals surface area contributed by atoms with E-state index >= 15 is 0 Å². The van der Waals surface area contributed by atoms with Crippen molar-refractivity contribution in [3.05, 3.63) is 53.6 Å². The molecular weight excluding hydrogens is 284 g/mol. The summed E-state index contributed by atoms with van der Waals surface area (Å²) in [6.45, 7) is 2.13. The van der Waals surface area contributed by atoms with Gasteiger partial charge in [-0.3, -0.25) is 0 Å². The van der Waals surface area contributed by atoms with Gasteiger partial charge in [0.2, 0.25) is 0 Å². The molecule has 20 heavy (non-hydrogen) atoms. The summed E-state index contributed by atoms with van der Waals surface area (Å²) in [5.41, 5.74) is 6.83. The maximum atomic E-state index is 13.6. The van der Waals surface area contributed by atoms with E-state index in [1.807, 2.05) is 6.92 Å². The minimum Gasteiger partial charge on any atom is -0.330 e. The van der Waals surface area contributed by atoms with Crippen LogP contribution in [0.4, 0.5) is 8.78 Å². The van der Waals surface area contributed by atoms with E-state index in [1.165, 1.54) is 18.2 Å². The van der Waals surface area contributed by atoms with Crippen LogP contribution in [-0.4, -0.2) is 15.6 Å². The maximum absolute atomic E-state index is 13.6. The lowest BCUT2D eigenvalue weighted by molar-refractivity contribution is 0.536. The lowest BCUT2D eigenvalue weighted by atomic mass is 10.1. The van der Waals surface area contributed by atoms with Crippen molar-refractivity contribution in [2.45, 2.75) is 32.4 Å². The Hall–Kier alpha value is -1.46. The number of rotatable bonds is 5. The summed E-state index contributed by atoms with van der Waals surface area (Å²) in [4.78, 5) is 4.03. The van der Waals surface area contributed by atoms with E-state index in [1.54, 1.807) is 17.1 Å². The second-order valence-corrected chi connectivity index (χ2v) is 4.59. The molecule has 0 saturated carbocycles. The molecule has 0 aliphatic rings. The van der Waals surface area contributed by atoms with Crippen molar-refractivity contribution in [2.24, 2.45) is 5.73 Å². The molecule has 3 nitrogen and oxygen atoms in total. The van der Waals surface area contributed by atoms with Gasteiger partial charge in [-0.25, -0.2) is 13.8 Å². The van der Waals surface area contributed by atoms with Gasteiger partial charge in [0.1, 0.15) is 11.6 Å². The molecule has 2 N–H and O–H groups in total. The molecule has 0 spiro atoms. The fourth-order valence-electron chi connectivity index (χ4n) is 1.93. The van der Waals surface area contributed by atoms with Crippen LogP contribution in [0.15, 0.2) is 30.7 Å².